The third-order valence-corrected chi connectivity index (χ3v) is 4.36. The normalized spacial score (nSPS) is 25.1. The Morgan fingerprint density at radius 1 is 0.765 bits per heavy atom. The molecule has 2 N–H and O–H groups in total. The van der Waals surface area contributed by atoms with Gasteiger partial charge in [0.15, 0.2) is 0 Å². The van der Waals surface area contributed by atoms with Crippen LogP contribution in [0.15, 0.2) is 0 Å². The molecular weight excluding hydrogens is 206 g/mol. The molecule has 0 bridgehead atoms. The summed E-state index contributed by atoms with van der Waals surface area (Å²) in [4.78, 5) is 0. The number of nitrogens with two attached hydrogens (primary N) is 1. The predicted molar refractivity (Wildman–Crippen MR) is 77.2 cm³/mol. The van der Waals surface area contributed by atoms with Gasteiger partial charge in [0.1, 0.15) is 0 Å². The Hall–Kier alpha value is -0.0400. The minimum atomic E-state index is 0.518. The van der Waals surface area contributed by atoms with Crippen molar-refractivity contribution in [2.24, 2.45) is 11.7 Å². The van der Waals surface area contributed by atoms with Gasteiger partial charge in [-0.1, -0.05) is 64.7 Å². The SMILES string of the molecule is CCCCCCCCCCC1CCC(N)CC1. The maximum Gasteiger partial charge on any atom is 0.00390 e. The third-order valence-electron chi connectivity index (χ3n) is 4.36. The molecule has 1 saturated carbocycles. The molecule has 1 aliphatic carbocycles. The van der Waals surface area contributed by atoms with E-state index in [4.69, 9.17) is 5.73 Å². The first-order valence-corrected chi connectivity index (χ1v) is 8.08. The van der Waals surface area contributed by atoms with Crippen molar-refractivity contribution in [3.8, 4) is 0 Å². The molecule has 0 unspecified atom stereocenters. The summed E-state index contributed by atoms with van der Waals surface area (Å²) in [5, 5.41) is 0. The molecule has 0 aliphatic heterocycles. The second kappa shape index (κ2) is 9.94. The first kappa shape index (κ1) is 15.0. The number of hydrogen-bond donors (Lipinski definition) is 1. The van der Waals surface area contributed by atoms with Crippen LogP contribution in [-0.4, -0.2) is 6.04 Å². The Bertz CT molecular complexity index is 159. The van der Waals surface area contributed by atoms with E-state index in [9.17, 15) is 0 Å². The van der Waals surface area contributed by atoms with Gasteiger partial charge in [-0.25, -0.2) is 0 Å². The summed E-state index contributed by atoms with van der Waals surface area (Å²) >= 11 is 0. The molecule has 0 aromatic rings. The summed E-state index contributed by atoms with van der Waals surface area (Å²) in [6.07, 6.45) is 18.4. The third kappa shape index (κ3) is 7.81. The Morgan fingerprint density at radius 2 is 1.29 bits per heavy atom. The van der Waals surface area contributed by atoms with Crippen molar-refractivity contribution >= 4 is 0 Å². The average molecular weight is 239 g/mol. The molecule has 0 amide bonds. The Kier molecular flexibility index (Phi) is 8.78. The van der Waals surface area contributed by atoms with Crippen LogP contribution in [0.2, 0.25) is 0 Å². The van der Waals surface area contributed by atoms with E-state index in [1.807, 2.05) is 0 Å². The van der Waals surface area contributed by atoms with Gasteiger partial charge in [0.2, 0.25) is 0 Å². The fourth-order valence-electron chi connectivity index (χ4n) is 3.04. The molecule has 0 atom stereocenters. The van der Waals surface area contributed by atoms with Crippen molar-refractivity contribution in [1.29, 1.82) is 0 Å². The fourth-order valence-corrected chi connectivity index (χ4v) is 3.04. The maximum absolute atomic E-state index is 5.93. The van der Waals surface area contributed by atoms with Crippen molar-refractivity contribution in [2.75, 3.05) is 0 Å². The summed E-state index contributed by atoms with van der Waals surface area (Å²) in [7, 11) is 0. The largest absolute Gasteiger partial charge is 0.328 e. The molecule has 0 spiro atoms. The zero-order valence-corrected chi connectivity index (χ0v) is 11.9. The van der Waals surface area contributed by atoms with Crippen LogP contribution in [0, 0.1) is 5.92 Å². The number of rotatable bonds is 9. The molecule has 0 radical (unpaired) electrons. The van der Waals surface area contributed by atoms with E-state index in [0.29, 0.717) is 6.04 Å². The van der Waals surface area contributed by atoms with Gasteiger partial charge in [0.25, 0.3) is 0 Å². The highest BCUT2D eigenvalue weighted by atomic mass is 14.6. The minimum Gasteiger partial charge on any atom is -0.328 e. The van der Waals surface area contributed by atoms with Gasteiger partial charge < -0.3 is 5.73 Å². The smallest absolute Gasteiger partial charge is 0.00390 e. The molecular formula is C16H33N. The average Bonchev–Trinajstić information content (AvgIpc) is 2.35. The molecule has 17 heavy (non-hydrogen) atoms. The van der Waals surface area contributed by atoms with E-state index in [2.05, 4.69) is 6.92 Å². The summed E-state index contributed by atoms with van der Waals surface area (Å²) in [6, 6.07) is 0.518. The Morgan fingerprint density at radius 3 is 1.88 bits per heavy atom. The summed E-state index contributed by atoms with van der Waals surface area (Å²) in [5.74, 6) is 1.01. The van der Waals surface area contributed by atoms with Crippen LogP contribution in [0.1, 0.15) is 90.4 Å². The van der Waals surface area contributed by atoms with Gasteiger partial charge in [-0.2, -0.15) is 0 Å². The molecule has 1 aliphatic rings. The Labute approximate surface area is 109 Å². The van der Waals surface area contributed by atoms with Gasteiger partial charge in [-0.3, -0.25) is 0 Å². The first-order valence-electron chi connectivity index (χ1n) is 8.08. The van der Waals surface area contributed by atoms with Gasteiger partial charge in [-0.15, -0.1) is 0 Å². The number of hydrogen-bond acceptors (Lipinski definition) is 1. The van der Waals surface area contributed by atoms with E-state index < -0.39 is 0 Å². The van der Waals surface area contributed by atoms with Crippen LogP contribution in [0.5, 0.6) is 0 Å². The molecule has 1 nitrogen and oxygen atoms in total. The summed E-state index contributed by atoms with van der Waals surface area (Å²) < 4.78 is 0. The molecule has 102 valence electrons. The van der Waals surface area contributed by atoms with Gasteiger partial charge >= 0.3 is 0 Å². The standard InChI is InChI=1S/C16H33N/c1-2-3-4-5-6-7-8-9-10-15-11-13-16(17)14-12-15/h15-16H,2-14,17H2,1H3. The van der Waals surface area contributed by atoms with Crippen molar-refractivity contribution < 1.29 is 0 Å². The van der Waals surface area contributed by atoms with Crippen molar-refractivity contribution in [2.45, 2.75) is 96.4 Å². The second-order valence-corrected chi connectivity index (χ2v) is 6.04. The van der Waals surface area contributed by atoms with Crippen LogP contribution in [0.25, 0.3) is 0 Å². The highest BCUT2D eigenvalue weighted by Crippen LogP contribution is 2.27. The Balaban J connectivity index is 1.81. The predicted octanol–water partition coefficient (Wildman–Crippen LogP) is 5.03. The van der Waals surface area contributed by atoms with Crippen LogP contribution >= 0.6 is 0 Å². The topological polar surface area (TPSA) is 26.0 Å². The molecule has 0 heterocycles. The van der Waals surface area contributed by atoms with Gasteiger partial charge in [0, 0.05) is 6.04 Å². The van der Waals surface area contributed by atoms with Crippen LogP contribution in [0.4, 0.5) is 0 Å². The maximum atomic E-state index is 5.93. The van der Waals surface area contributed by atoms with E-state index in [0.717, 1.165) is 5.92 Å². The van der Waals surface area contributed by atoms with E-state index in [-0.39, 0.29) is 0 Å². The zero-order valence-electron chi connectivity index (χ0n) is 11.9. The van der Waals surface area contributed by atoms with E-state index in [1.165, 1.54) is 83.5 Å². The van der Waals surface area contributed by atoms with Crippen LogP contribution in [-0.2, 0) is 0 Å². The highest BCUT2D eigenvalue weighted by molar-refractivity contribution is 4.74. The zero-order chi connectivity index (χ0) is 12.3. The quantitative estimate of drug-likeness (QED) is 0.561. The first-order chi connectivity index (χ1) is 8.33. The van der Waals surface area contributed by atoms with Crippen LogP contribution < -0.4 is 5.73 Å². The minimum absolute atomic E-state index is 0.518. The lowest BCUT2D eigenvalue weighted by Gasteiger charge is -2.25. The van der Waals surface area contributed by atoms with Crippen molar-refractivity contribution in [1.82, 2.24) is 0 Å². The lowest BCUT2D eigenvalue weighted by molar-refractivity contribution is 0.302. The van der Waals surface area contributed by atoms with E-state index >= 15 is 0 Å². The van der Waals surface area contributed by atoms with Gasteiger partial charge in [-0.05, 0) is 31.6 Å². The molecule has 1 fully saturated rings. The molecule has 1 rings (SSSR count). The monoisotopic (exact) mass is 239 g/mol. The molecule has 0 saturated heterocycles. The van der Waals surface area contributed by atoms with Crippen molar-refractivity contribution in [3.05, 3.63) is 0 Å². The van der Waals surface area contributed by atoms with Gasteiger partial charge in [0.05, 0.1) is 0 Å². The second-order valence-electron chi connectivity index (χ2n) is 6.04. The lowest BCUT2D eigenvalue weighted by Crippen LogP contribution is -2.26. The summed E-state index contributed by atoms with van der Waals surface area (Å²) in [5.41, 5.74) is 5.93. The molecule has 1 heteroatoms. The highest BCUT2D eigenvalue weighted by Gasteiger charge is 2.17. The van der Waals surface area contributed by atoms with E-state index in [1.54, 1.807) is 0 Å². The van der Waals surface area contributed by atoms with Crippen molar-refractivity contribution in [3.63, 3.8) is 0 Å². The van der Waals surface area contributed by atoms with Crippen LogP contribution in [0.3, 0.4) is 0 Å². The molecule has 0 aromatic carbocycles. The molecule has 0 aromatic heterocycles. The summed E-state index contributed by atoms with van der Waals surface area (Å²) in [6.45, 7) is 2.29. The lowest BCUT2D eigenvalue weighted by atomic mass is 9.83. The number of unbranched alkanes of at least 4 members (excludes halogenated alkanes) is 7. The fraction of sp³-hybridized carbons (Fsp3) is 1.00.